The van der Waals surface area contributed by atoms with Gasteiger partial charge >= 0.3 is 5.97 Å². The molecular formula is C21H20N6O3S. The fourth-order valence-corrected chi connectivity index (χ4v) is 4.00. The van der Waals surface area contributed by atoms with Gasteiger partial charge < -0.3 is 14.3 Å². The van der Waals surface area contributed by atoms with Crippen molar-refractivity contribution >= 4 is 28.6 Å². The summed E-state index contributed by atoms with van der Waals surface area (Å²) < 4.78 is 6.80. The number of aromatic nitrogens is 6. The summed E-state index contributed by atoms with van der Waals surface area (Å²) in [5, 5.41) is 9.83. The summed E-state index contributed by atoms with van der Waals surface area (Å²) in [5.41, 5.74) is 1.46. The Morgan fingerprint density at radius 2 is 2.00 bits per heavy atom. The number of aromatic amines is 1. The van der Waals surface area contributed by atoms with E-state index in [1.165, 1.54) is 18.9 Å². The van der Waals surface area contributed by atoms with E-state index in [-0.39, 0.29) is 5.56 Å². The summed E-state index contributed by atoms with van der Waals surface area (Å²) in [4.78, 5) is 35.6. The molecule has 0 aliphatic heterocycles. The van der Waals surface area contributed by atoms with Gasteiger partial charge in [-0.3, -0.25) is 9.78 Å². The first kappa shape index (κ1) is 20.7. The Morgan fingerprint density at radius 3 is 2.74 bits per heavy atom. The van der Waals surface area contributed by atoms with E-state index in [2.05, 4.69) is 36.6 Å². The van der Waals surface area contributed by atoms with Crippen molar-refractivity contribution in [1.29, 1.82) is 0 Å². The Morgan fingerprint density at radius 1 is 1.19 bits per heavy atom. The molecular weight excluding hydrogens is 416 g/mol. The van der Waals surface area contributed by atoms with Gasteiger partial charge in [-0.15, -0.1) is 10.2 Å². The third-order valence-electron chi connectivity index (χ3n) is 4.62. The van der Waals surface area contributed by atoms with Crippen LogP contribution in [-0.4, -0.2) is 42.8 Å². The molecule has 0 bridgehead atoms. The summed E-state index contributed by atoms with van der Waals surface area (Å²) >= 11 is 1.44. The zero-order valence-electron chi connectivity index (χ0n) is 17.0. The fourth-order valence-electron chi connectivity index (χ4n) is 3.17. The first-order chi connectivity index (χ1) is 15.1. The topological polar surface area (TPSA) is 116 Å². The molecule has 9 nitrogen and oxygen atoms in total. The first-order valence-electron chi connectivity index (χ1n) is 9.68. The van der Waals surface area contributed by atoms with Crippen LogP contribution in [0.2, 0.25) is 0 Å². The Kier molecular flexibility index (Phi) is 6.08. The highest BCUT2D eigenvalue weighted by Crippen LogP contribution is 2.26. The second-order valence-corrected chi connectivity index (χ2v) is 7.66. The van der Waals surface area contributed by atoms with E-state index in [0.29, 0.717) is 28.0 Å². The molecule has 31 heavy (non-hydrogen) atoms. The quantitative estimate of drug-likeness (QED) is 0.347. The van der Waals surface area contributed by atoms with E-state index in [9.17, 15) is 9.59 Å². The van der Waals surface area contributed by atoms with E-state index in [0.717, 1.165) is 29.5 Å². The zero-order valence-corrected chi connectivity index (χ0v) is 17.8. The Balaban J connectivity index is 1.62. The molecule has 0 amide bonds. The molecule has 0 unspecified atom stereocenters. The molecule has 4 aromatic rings. The molecule has 0 atom stereocenters. The minimum Gasteiger partial charge on any atom is -0.465 e. The molecule has 4 rings (SSSR count). The Labute approximate surface area is 181 Å². The van der Waals surface area contributed by atoms with Gasteiger partial charge in [0, 0.05) is 24.5 Å². The lowest BCUT2D eigenvalue weighted by atomic mass is 10.1. The number of hydrogen-bond acceptors (Lipinski definition) is 8. The number of ether oxygens (including phenoxy) is 1. The van der Waals surface area contributed by atoms with Crippen LogP contribution in [0, 0.1) is 0 Å². The van der Waals surface area contributed by atoms with Crippen LogP contribution in [0.25, 0.3) is 22.3 Å². The minimum atomic E-state index is -0.476. The lowest BCUT2D eigenvalue weighted by molar-refractivity contribution is 0.0601. The highest BCUT2D eigenvalue weighted by molar-refractivity contribution is 7.98. The number of carbonyl (C=O) groups is 1. The maximum atomic E-state index is 12.5. The van der Waals surface area contributed by atoms with Crippen molar-refractivity contribution in [2.45, 2.75) is 30.8 Å². The van der Waals surface area contributed by atoms with Crippen LogP contribution in [0.4, 0.5) is 0 Å². The molecule has 3 heterocycles. The van der Waals surface area contributed by atoms with Gasteiger partial charge in [-0.2, -0.15) is 0 Å². The van der Waals surface area contributed by atoms with Crippen LogP contribution in [0.5, 0.6) is 0 Å². The number of carbonyl (C=O) groups excluding carboxylic acids is 1. The number of thioether (sulfide) groups is 1. The zero-order chi connectivity index (χ0) is 21.8. The third-order valence-corrected chi connectivity index (χ3v) is 5.60. The van der Waals surface area contributed by atoms with Crippen molar-refractivity contribution < 1.29 is 9.53 Å². The Hall–Kier alpha value is -3.53. The maximum absolute atomic E-state index is 12.5. The number of benzene rings is 1. The van der Waals surface area contributed by atoms with Gasteiger partial charge in [0.2, 0.25) is 0 Å². The van der Waals surface area contributed by atoms with E-state index in [1.54, 1.807) is 30.6 Å². The van der Waals surface area contributed by atoms with Crippen molar-refractivity contribution in [2.24, 2.45) is 0 Å². The van der Waals surface area contributed by atoms with Crippen LogP contribution < -0.4 is 5.56 Å². The van der Waals surface area contributed by atoms with Crippen molar-refractivity contribution in [3.05, 3.63) is 64.5 Å². The van der Waals surface area contributed by atoms with Gasteiger partial charge in [0.05, 0.1) is 29.3 Å². The van der Waals surface area contributed by atoms with E-state index in [4.69, 9.17) is 4.74 Å². The molecule has 0 spiro atoms. The number of rotatable bonds is 7. The molecule has 1 N–H and O–H groups in total. The van der Waals surface area contributed by atoms with Crippen LogP contribution >= 0.6 is 11.8 Å². The molecule has 0 saturated heterocycles. The van der Waals surface area contributed by atoms with Gasteiger partial charge in [0.1, 0.15) is 5.82 Å². The van der Waals surface area contributed by atoms with Crippen LogP contribution in [-0.2, 0) is 17.0 Å². The summed E-state index contributed by atoms with van der Waals surface area (Å²) in [5.74, 6) is 1.18. The smallest absolute Gasteiger partial charge is 0.337 e. The Bertz CT molecular complexity index is 1290. The predicted octanol–water partition coefficient (Wildman–Crippen LogP) is 3.07. The van der Waals surface area contributed by atoms with Gasteiger partial charge in [-0.05, 0) is 36.8 Å². The summed E-state index contributed by atoms with van der Waals surface area (Å²) in [6.07, 6.45) is 4.36. The summed E-state index contributed by atoms with van der Waals surface area (Å²) in [6, 6.07) is 8.47. The van der Waals surface area contributed by atoms with Crippen molar-refractivity contribution in [3.63, 3.8) is 0 Å². The number of H-pyrrole nitrogens is 1. The first-order valence-corrected chi connectivity index (χ1v) is 10.7. The standard InChI is InChI=1S/C21H20N6O3S/c1-3-10-27-18(13-6-8-22-9-7-13)25-26-21(27)31-12-17-23-16-11-14(20(29)30-2)4-5-15(16)19(28)24-17/h4-9,11H,3,10,12H2,1-2H3,(H,23,24,28). The summed E-state index contributed by atoms with van der Waals surface area (Å²) in [6.45, 7) is 2.85. The van der Waals surface area contributed by atoms with E-state index >= 15 is 0 Å². The average molecular weight is 436 g/mol. The number of methoxy groups -OCH3 is 1. The van der Waals surface area contributed by atoms with Crippen LogP contribution in [0.15, 0.2) is 52.7 Å². The van der Waals surface area contributed by atoms with E-state index in [1.807, 2.05) is 12.1 Å². The molecule has 1 aromatic carbocycles. The number of fused-ring (bicyclic) bond motifs is 1. The highest BCUT2D eigenvalue weighted by atomic mass is 32.2. The average Bonchev–Trinajstić information content (AvgIpc) is 3.20. The van der Waals surface area contributed by atoms with Crippen molar-refractivity contribution in [2.75, 3.05) is 7.11 Å². The molecule has 158 valence electrons. The van der Waals surface area contributed by atoms with Gasteiger partial charge in [-0.1, -0.05) is 18.7 Å². The summed E-state index contributed by atoms with van der Waals surface area (Å²) in [7, 11) is 1.31. The predicted molar refractivity (Wildman–Crippen MR) is 117 cm³/mol. The number of esters is 1. The molecule has 10 heteroatoms. The van der Waals surface area contributed by atoms with Crippen molar-refractivity contribution in [1.82, 2.24) is 29.7 Å². The van der Waals surface area contributed by atoms with Gasteiger partial charge in [-0.25, -0.2) is 9.78 Å². The second kappa shape index (κ2) is 9.09. The number of pyridine rings is 1. The van der Waals surface area contributed by atoms with E-state index < -0.39 is 5.97 Å². The molecule has 0 aliphatic carbocycles. The number of nitrogens with one attached hydrogen (secondary N) is 1. The third kappa shape index (κ3) is 4.33. The molecule has 0 aliphatic rings. The van der Waals surface area contributed by atoms with Crippen molar-refractivity contribution in [3.8, 4) is 11.4 Å². The molecule has 0 radical (unpaired) electrons. The fraction of sp³-hybridized carbons (Fsp3) is 0.238. The largest absolute Gasteiger partial charge is 0.465 e. The lowest BCUT2D eigenvalue weighted by Gasteiger charge is -2.09. The molecule has 0 fully saturated rings. The number of hydrogen-bond donors (Lipinski definition) is 1. The lowest BCUT2D eigenvalue weighted by Crippen LogP contribution is -2.12. The number of nitrogens with zero attached hydrogens (tertiary/aromatic N) is 5. The SMILES string of the molecule is CCCn1c(SCc2nc3cc(C(=O)OC)ccc3c(=O)[nH]2)nnc1-c1ccncc1. The second-order valence-electron chi connectivity index (χ2n) is 6.72. The normalized spacial score (nSPS) is 11.0. The van der Waals surface area contributed by atoms with Crippen LogP contribution in [0.3, 0.4) is 0 Å². The highest BCUT2D eigenvalue weighted by Gasteiger charge is 2.15. The van der Waals surface area contributed by atoms with Gasteiger partial charge in [0.25, 0.3) is 5.56 Å². The monoisotopic (exact) mass is 436 g/mol. The minimum absolute atomic E-state index is 0.260. The van der Waals surface area contributed by atoms with Gasteiger partial charge in [0.15, 0.2) is 11.0 Å². The maximum Gasteiger partial charge on any atom is 0.337 e. The molecule has 3 aromatic heterocycles. The van der Waals surface area contributed by atoms with Crippen LogP contribution in [0.1, 0.15) is 29.5 Å². The molecule has 0 saturated carbocycles.